The fourth-order valence-electron chi connectivity index (χ4n) is 4.52. The van der Waals surface area contributed by atoms with Crippen LogP contribution in [0.2, 0.25) is 0 Å². The molecule has 0 spiro atoms. The van der Waals surface area contributed by atoms with Crippen LogP contribution < -0.4 is 5.32 Å². The molecular formula is C27H30N2O3. The van der Waals surface area contributed by atoms with Gasteiger partial charge in [-0.25, -0.2) is 4.79 Å². The summed E-state index contributed by atoms with van der Waals surface area (Å²) in [6.07, 6.45) is 3.05. The zero-order valence-electron chi connectivity index (χ0n) is 19.0. The number of benzene rings is 2. The lowest BCUT2D eigenvalue weighted by atomic mass is 9.88. The van der Waals surface area contributed by atoms with Gasteiger partial charge in [0.2, 0.25) is 5.91 Å². The molecule has 0 bridgehead atoms. The van der Waals surface area contributed by atoms with Crippen molar-refractivity contribution in [1.29, 1.82) is 0 Å². The minimum atomic E-state index is -0.362. The van der Waals surface area contributed by atoms with Crippen molar-refractivity contribution in [3.05, 3.63) is 82.5 Å². The van der Waals surface area contributed by atoms with Crippen LogP contribution in [0.5, 0.6) is 0 Å². The van der Waals surface area contributed by atoms with Crippen molar-refractivity contribution in [1.82, 2.24) is 9.88 Å². The highest BCUT2D eigenvalue weighted by atomic mass is 16.5. The van der Waals surface area contributed by atoms with E-state index in [-0.39, 0.29) is 24.5 Å². The van der Waals surface area contributed by atoms with Crippen molar-refractivity contribution in [3.63, 3.8) is 0 Å². The Morgan fingerprint density at radius 3 is 2.59 bits per heavy atom. The van der Waals surface area contributed by atoms with Crippen LogP contribution in [-0.4, -0.2) is 23.1 Å². The third-order valence-electron chi connectivity index (χ3n) is 6.22. The first-order valence-electron chi connectivity index (χ1n) is 11.3. The predicted octanol–water partition coefficient (Wildman–Crippen LogP) is 5.14. The molecule has 1 heterocycles. The first-order chi connectivity index (χ1) is 15.5. The third-order valence-corrected chi connectivity index (χ3v) is 6.22. The number of ether oxygens (including phenoxy) is 1. The zero-order chi connectivity index (χ0) is 22.7. The van der Waals surface area contributed by atoms with Gasteiger partial charge in [0.25, 0.3) is 0 Å². The molecule has 0 fully saturated rings. The Morgan fingerprint density at radius 1 is 1.09 bits per heavy atom. The van der Waals surface area contributed by atoms with Gasteiger partial charge in [-0.2, -0.15) is 0 Å². The molecule has 1 N–H and O–H groups in total. The average Bonchev–Trinajstić information content (AvgIpc) is 3.11. The summed E-state index contributed by atoms with van der Waals surface area (Å²) in [6.45, 7) is 6.15. The van der Waals surface area contributed by atoms with Crippen LogP contribution in [0.15, 0.2) is 54.6 Å². The van der Waals surface area contributed by atoms with Gasteiger partial charge in [-0.15, -0.1) is 0 Å². The normalized spacial score (nSPS) is 15.2. The quantitative estimate of drug-likeness (QED) is 0.551. The Kier molecular flexibility index (Phi) is 6.45. The van der Waals surface area contributed by atoms with Crippen molar-refractivity contribution < 1.29 is 14.3 Å². The maximum absolute atomic E-state index is 13.1. The van der Waals surface area contributed by atoms with Crippen LogP contribution in [0.1, 0.15) is 58.5 Å². The molecular weight excluding hydrogens is 400 g/mol. The molecule has 1 atom stereocenters. The summed E-state index contributed by atoms with van der Waals surface area (Å²) >= 11 is 0. The van der Waals surface area contributed by atoms with E-state index in [0.29, 0.717) is 12.2 Å². The molecule has 4 rings (SSSR count). The molecule has 3 aromatic rings. The predicted molar refractivity (Wildman–Crippen MR) is 126 cm³/mol. The van der Waals surface area contributed by atoms with E-state index in [1.807, 2.05) is 54.8 Å². The van der Waals surface area contributed by atoms with E-state index in [2.05, 4.69) is 23.5 Å². The van der Waals surface area contributed by atoms with Gasteiger partial charge in [0.05, 0.1) is 18.2 Å². The molecule has 5 nitrogen and oxygen atoms in total. The highest BCUT2D eigenvalue weighted by Gasteiger charge is 2.24. The Bertz CT molecular complexity index is 1130. The second-order valence-electron chi connectivity index (χ2n) is 8.41. The van der Waals surface area contributed by atoms with E-state index in [1.165, 1.54) is 11.1 Å². The van der Waals surface area contributed by atoms with Gasteiger partial charge in [0.1, 0.15) is 6.54 Å². The lowest BCUT2D eigenvalue weighted by Crippen LogP contribution is -2.33. The van der Waals surface area contributed by atoms with Crippen molar-refractivity contribution in [2.75, 3.05) is 6.61 Å². The molecule has 0 saturated carbocycles. The third kappa shape index (κ3) is 4.47. The van der Waals surface area contributed by atoms with Gasteiger partial charge in [0, 0.05) is 11.4 Å². The molecule has 1 aromatic heterocycles. The molecule has 1 aliphatic carbocycles. The van der Waals surface area contributed by atoms with Crippen LogP contribution in [0.3, 0.4) is 0 Å². The number of aromatic nitrogens is 1. The molecule has 32 heavy (non-hydrogen) atoms. The van der Waals surface area contributed by atoms with Crippen LogP contribution in [0.4, 0.5) is 0 Å². The van der Waals surface area contributed by atoms with Crippen molar-refractivity contribution in [2.45, 2.75) is 52.6 Å². The van der Waals surface area contributed by atoms with Gasteiger partial charge in [0.15, 0.2) is 0 Å². The second-order valence-corrected chi connectivity index (χ2v) is 8.41. The van der Waals surface area contributed by atoms with E-state index in [0.717, 1.165) is 41.8 Å². The number of nitrogens with one attached hydrogen (secondary N) is 1. The monoisotopic (exact) mass is 430 g/mol. The van der Waals surface area contributed by atoms with Crippen LogP contribution in [0.25, 0.3) is 11.3 Å². The first-order valence-corrected chi connectivity index (χ1v) is 11.3. The maximum atomic E-state index is 13.1. The smallest absolute Gasteiger partial charge is 0.339 e. The highest BCUT2D eigenvalue weighted by Crippen LogP contribution is 2.30. The topological polar surface area (TPSA) is 60.3 Å². The second kappa shape index (κ2) is 9.43. The number of fused-ring (bicyclic) bond motifs is 1. The standard InChI is InChI=1S/C27H30N2O3/c1-4-32-27(31)23-16-25(21-14-12-18(2)13-15-21)29(19(23)3)17-26(30)28-24-11-7-9-20-8-5-6-10-22(20)24/h5-6,8,10,12-16,24H,4,7,9,11,17H2,1-3H3,(H,28,30)/t24-/m0/s1. The Hall–Kier alpha value is -3.34. The molecule has 2 aromatic carbocycles. The molecule has 0 radical (unpaired) electrons. The van der Waals surface area contributed by atoms with E-state index in [1.54, 1.807) is 6.92 Å². The van der Waals surface area contributed by atoms with E-state index >= 15 is 0 Å². The number of hydrogen-bond acceptors (Lipinski definition) is 3. The largest absolute Gasteiger partial charge is 0.462 e. The Morgan fingerprint density at radius 2 is 1.84 bits per heavy atom. The molecule has 0 saturated heterocycles. The van der Waals surface area contributed by atoms with Gasteiger partial charge >= 0.3 is 5.97 Å². The fourth-order valence-corrected chi connectivity index (χ4v) is 4.52. The number of esters is 1. The minimum absolute atomic E-state index is 0.0238. The van der Waals surface area contributed by atoms with Crippen molar-refractivity contribution in [3.8, 4) is 11.3 Å². The van der Waals surface area contributed by atoms with Gasteiger partial charge in [-0.1, -0.05) is 54.1 Å². The molecule has 0 aliphatic heterocycles. The van der Waals surface area contributed by atoms with Crippen LogP contribution >= 0.6 is 0 Å². The van der Waals surface area contributed by atoms with Crippen molar-refractivity contribution in [2.24, 2.45) is 0 Å². The highest BCUT2D eigenvalue weighted by molar-refractivity contribution is 5.93. The maximum Gasteiger partial charge on any atom is 0.339 e. The lowest BCUT2D eigenvalue weighted by Gasteiger charge is -2.26. The summed E-state index contributed by atoms with van der Waals surface area (Å²) in [5.74, 6) is -0.423. The summed E-state index contributed by atoms with van der Waals surface area (Å²) in [6, 6.07) is 18.3. The SMILES string of the molecule is CCOC(=O)c1cc(-c2ccc(C)cc2)n(CC(=O)N[C@H]2CCCc3ccccc32)c1C. The summed E-state index contributed by atoms with van der Waals surface area (Å²) in [7, 11) is 0. The van der Waals surface area contributed by atoms with Gasteiger partial charge in [-0.05, 0) is 62.8 Å². The first kappa shape index (κ1) is 21.9. The minimum Gasteiger partial charge on any atom is -0.462 e. The Balaban J connectivity index is 1.63. The number of nitrogens with zero attached hydrogens (tertiary/aromatic N) is 1. The lowest BCUT2D eigenvalue weighted by molar-refractivity contribution is -0.122. The summed E-state index contributed by atoms with van der Waals surface area (Å²) in [5, 5.41) is 3.23. The molecule has 5 heteroatoms. The average molecular weight is 431 g/mol. The van der Waals surface area contributed by atoms with Gasteiger partial charge in [-0.3, -0.25) is 4.79 Å². The number of rotatable bonds is 6. The van der Waals surface area contributed by atoms with E-state index < -0.39 is 0 Å². The Labute approximate surface area is 189 Å². The molecule has 166 valence electrons. The van der Waals surface area contributed by atoms with Gasteiger partial charge < -0.3 is 14.6 Å². The summed E-state index contributed by atoms with van der Waals surface area (Å²) in [5.41, 5.74) is 6.71. The van der Waals surface area contributed by atoms with Crippen LogP contribution in [0, 0.1) is 13.8 Å². The van der Waals surface area contributed by atoms with Crippen molar-refractivity contribution >= 4 is 11.9 Å². The number of carbonyl (C=O) groups excluding carboxylic acids is 2. The van der Waals surface area contributed by atoms with E-state index in [4.69, 9.17) is 4.74 Å². The number of amides is 1. The summed E-state index contributed by atoms with van der Waals surface area (Å²) < 4.78 is 7.16. The molecule has 1 aliphatic rings. The number of hydrogen-bond donors (Lipinski definition) is 1. The fraction of sp³-hybridized carbons (Fsp3) is 0.333. The number of aryl methyl sites for hydroxylation is 2. The zero-order valence-corrected chi connectivity index (χ0v) is 19.0. The van der Waals surface area contributed by atoms with Crippen LogP contribution in [-0.2, 0) is 22.5 Å². The molecule has 0 unspecified atom stereocenters. The molecule has 1 amide bonds. The summed E-state index contributed by atoms with van der Waals surface area (Å²) in [4.78, 5) is 25.7. The van der Waals surface area contributed by atoms with E-state index in [9.17, 15) is 9.59 Å². The number of carbonyl (C=O) groups is 2.